The van der Waals surface area contributed by atoms with Crippen molar-refractivity contribution in [2.75, 3.05) is 0 Å². The second-order valence-electron chi connectivity index (χ2n) is 7.89. The molecule has 33 heavy (non-hydrogen) atoms. The highest BCUT2D eigenvalue weighted by molar-refractivity contribution is 7.98. The molecule has 8 nitrogen and oxygen atoms in total. The number of unbranched alkanes of at least 4 members (excludes halogenated alkanes) is 1. The van der Waals surface area contributed by atoms with Crippen molar-refractivity contribution < 1.29 is 8.42 Å². The van der Waals surface area contributed by atoms with Crippen LogP contribution < -0.4 is 10.7 Å². The minimum atomic E-state index is -3.81. The normalized spacial score (nSPS) is 12.1. The van der Waals surface area contributed by atoms with Gasteiger partial charge in [0.05, 0.1) is 32.6 Å². The topological polar surface area (TPSA) is 113 Å². The third kappa shape index (κ3) is 4.83. The SMILES string of the molecule is CCCCn1c(CSc2nc3ccccc3c(=O)n2CCC)nc2cc(S(N)(=O)=O)ccc21. The number of sulfonamides is 1. The number of aromatic nitrogens is 4. The Labute approximate surface area is 196 Å². The van der Waals surface area contributed by atoms with Crippen LogP contribution >= 0.6 is 11.8 Å². The molecule has 0 fully saturated rings. The smallest absolute Gasteiger partial charge is 0.262 e. The summed E-state index contributed by atoms with van der Waals surface area (Å²) in [4.78, 5) is 22.6. The number of primary sulfonamides is 1. The largest absolute Gasteiger partial charge is 0.327 e. The molecule has 174 valence electrons. The van der Waals surface area contributed by atoms with Crippen molar-refractivity contribution in [3.05, 3.63) is 58.6 Å². The molecule has 0 radical (unpaired) electrons. The number of nitrogens with two attached hydrogens (primary N) is 1. The molecular formula is C23H27N5O3S2. The van der Waals surface area contributed by atoms with Gasteiger partial charge >= 0.3 is 0 Å². The van der Waals surface area contributed by atoms with Gasteiger partial charge in [-0.3, -0.25) is 9.36 Å². The van der Waals surface area contributed by atoms with Crippen LogP contribution in [0.2, 0.25) is 0 Å². The summed E-state index contributed by atoms with van der Waals surface area (Å²) in [6.07, 6.45) is 2.80. The summed E-state index contributed by atoms with van der Waals surface area (Å²) in [5.41, 5.74) is 2.09. The van der Waals surface area contributed by atoms with Crippen molar-refractivity contribution in [1.82, 2.24) is 19.1 Å². The van der Waals surface area contributed by atoms with E-state index in [1.807, 2.05) is 25.1 Å². The summed E-state index contributed by atoms with van der Waals surface area (Å²) >= 11 is 1.47. The summed E-state index contributed by atoms with van der Waals surface area (Å²) in [6, 6.07) is 12.2. The summed E-state index contributed by atoms with van der Waals surface area (Å²) in [6.45, 7) is 5.51. The molecule has 0 aliphatic heterocycles. The fraction of sp³-hybridized carbons (Fsp3) is 0.348. The number of rotatable bonds is 9. The first kappa shape index (κ1) is 23.5. The second kappa shape index (κ2) is 9.66. The first-order valence-electron chi connectivity index (χ1n) is 11.0. The highest BCUT2D eigenvalue weighted by Crippen LogP contribution is 2.26. The fourth-order valence-electron chi connectivity index (χ4n) is 3.82. The maximum atomic E-state index is 13.1. The molecule has 0 saturated carbocycles. The van der Waals surface area contributed by atoms with Crippen LogP contribution in [-0.2, 0) is 28.9 Å². The number of imidazole rings is 1. The molecule has 0 aliphatic carbocycles. The number of hydrogen-bond donors (Lipinski definition) is 1. The summed E-state index contributed by atoms with van der Waals surface area (Å²) in [5, 5.41) is 6.57. The predicted octanol–water partition coefficient (Wildman–Crippen LogP) is 3.90. The number of hydrogen-bond acceptors (Lipinski definition) is 6. The van der Waals surface area contributed by atoms with Gasteiger partial charge in [-0.25, -0.2) is 23.5 Å². The van der Waals surface area contributed by atoms with Crippen molar-refractivity contribution >= 4 is 43.7 Å². The summed E-state index contributed by atoms with van der Waals surface area (Å²) in [7, 11) is -3.81. The van der Waals surface area contributed by atoms with Crippen molar-refractivity contribution in [1.29, 1.82) is 0 Å². The minimum Gasteiger partial charge on any atom is -0.327 e. The zero-order valence-electron chi connectivity index (χ0n) is 18.7. The zero-order chi connectivity index (χ0) is 23.6. The van der Waals surface area contributed by atoms with Crippen LogP contribution in [0.1, 0.15) is 38.9 Å². The van der Waals surface area contributed by atoms with Crippen molar-refractivity contribution in [3.8, 4) is 0 Å². The third-order valence-corrected chi connectivity index (χ3v) is 7.35. The van der Waals surface area contributed by atoms with E-state index in [1.165, 1.54) is 23.9 Å². The molecule has 2 aromatic heterocycles. The van der Waals surface area contributed by atoms with Gasteiger partial charge in [-0.2, -0.15) is 0 Å². The first-order valence-corrected chi connectivity index (χ1v) is 13.5. The highest BCUT2D eigenvalue weighted by atomic mass is 32.2. The summed E-state index contributed by atoms with van der Waals surface area (Å²) < 4.78 is 27.4. The maximum Gasteiger partial charge on any atom is 0.262 e. The highest BCUT2D eigenvalue weighted by Gasteiger charge is 2.17. The van der Waals surface area contributed by atoms with Gasteiger partial charge in [-0.05, 0) is 43.2 Å². The number of para-hydroxylation sites is 1. The van der Waals surface area contributed by atoms with E-state index in [1.54, 1.807) is 16.7 Å². The molecule has 4 aromatic rings. The Balaban J connectivity index is 1.75. The number of fused-ring (bicyclic) bond motifs is 2. The molecule has 10 heteroatoms. The molecule has 0 spiro atoms. The average molecular weight is 486 g/mol. The quantitative estimate of drug-likeness (QED) is 0.284. The van der Waals surface area contributed by atoms with E-state index in [0.29, 0.717) is 33.9 Å². The first-order chi connectivity index (χ1) is 15.8. The molecule has 0 aliphatic rings. The second-order valence-corrected chi connectivity index (χ2v) is 10.4. The predicted molar refractivity (Wildman–Crippen MR) is 132 cm³/mol. The van der Waals surface area contributed by atoms with E-state index in [9.17, 15) is 13.2 Å². The van der Waals surface area contributed by atoms with Gasteiger partial charge < -0.3 is 4.57 Å². The lowest BCUT2D eigenvalue weighted by molar-refractivity contribution is 0.584. The number of aryl methyl sites for hydroxylation is 1. The van der Waals surface area contributed by atoms with Gasteiger partial charge in [0.25, 0.3) is 5.56 Å². The van der Waals surface area contributed by atoms with Crippen molar-refractivity contribution in [2.45, 2.75) is 62.0 Å². The molecule has 2 aromatic carbocycles. The van der Waals surface area contributed by atoms with Crippen LogP contribution in [0.4, 0.5) is 0 Å². The molecule has 0 saturated heterocycles. The van der Waals surface area contributed by atoms with Crippen LogP contribution in [0.15, 0.2) is 57.3 Å². The van der Waals surface area contributed by atoms with Crippen LogP contribution in [0.25, 0.3) is 21.9 Å². The number of benzene rings is 2. The van der Waals surface area contributed by atoms with Gasteiger partial charge in [0.1, 0.15) is 5.82 Å². The van der Waals surface area contributed by atoms with Gasteiger partial charge in [0, 0.05) is 13.1 Å². The van der Waals surface area contributed by atoms with E-state index >= 15 is 0 Å². The number of nitrogens with zero attached hydrogens (tertiary/aromatic N) is 4. The molecule has 0 atom stereocenters. The standard InChI is InChI=1S/C23H27N5O3S2/c1-3-5-13-27-20-11-10-16(33(24,30)31)14-19(20)25-21(27)15-32-23-26-18-9-7-6-8-17(18)22(29)28(23)12-4-2/h6-11,14H,3-5,12-13,15H2,1-2H3,(H2,24,30,31). The van der Waals surface area contributed by atoms with Crippen LogP contribution in [-0.4, -0.2) is 27.5 Å². The van der Waals surface area contributed by atoms with E-state index in [2.05, 4.69) is 11.5 Å². The number of thioether (sulfide) groups is 1. The lowest BCUT2D eigenvalue weighted by Crippen LogP contribution is -2.23. The molecule has 0 unspecified atom stereocenters. The van der Waals surface area contributed by atoms with E-state index in [0.717, 1.165) is 37.1 Å². The van der Waals surface area contributed by atoms with Crippen LogP contribution in [0.3, 0.4) is 0 Å². The molecule has 2 heterocycles. The van der Waals surface area contributed by atoms with Crippen LogP contribution in [0, 0.1) is 0 Å². The Morgan fingerprint density at radius 2 is 1.76 bits per heavy atom. The monoisotopic (exact) mass is 485 g/mol. The Morgan fingerprint density at radius 3 is 2.48 bits per heavy atom. The molecular weight excluding hydrogens is 458 g/mol. The lowest BCUT2D eigenvalue weighted by Gasteiger charge is -2.13. The Kier molecular flexibility index (Phi) is 6.87. The van der Waals surface area contributed by atoms with E-state index < -0.39 is 10.0 Å². The lowest BCUT2D eigenvalue weighted by atomic mass is 10.2. The molecule has 0 amide bonds. The van der Waals surface area contributed by atoms with Gasteiger partial charge in [-0.1, -0.05) is 44.2 Å². The van der Waals surface area contributed by atoms with Crippen LogP contribution in [0.5, 0.6) is 0 Å². The van der Waals surface area contributed by atoms with Crippen molar-refractivity contribution in [2.24, 2.45) is 5.14 Å². The van der Waals surface area contributed by atoms with Gasteiger partial charge in [0.15, 0.2) is 5.16 Å². The third-order valence-electron chi connectivity index (χ3n) is 5.47. The Morgan fingerprint density at radius 1 is 0.970 bits per heavy atom. The minimum absolute atomic E-state index is 0.0396. The van der Waals surface area contributed by atoms with Gasteiger partial charge in [0.2, 0.25) is 10.0 Å². The van der Waals surface area contributed by atoms with Crippen molar-refractivity contribution in [3.63, 3.8) is 0 Å². The van der Waals surface area contributed by atoms with E-state index in [4.69, 9.17) is 15.1 Å². The fourth-order valence-corrected chi connectivity index (χ4v) is 5.33. The Bertz CT molecular complexity index is 1480. The molecule has 0 bridgehead atoms. The molecule has 2 N–H and O–H groups in total. The Hall–Kier alpha value is -2.69. The maximum absolute atomic E-state index is 13.1. The average Bonchev–Trinajstić information content (AvgIpc) is 3.14. The van der Waals surface area contributed by atoms with E-state index in [-0.39, 0.29) is 10.5 Å². The van der Waals surface area contributed by atoms with Gasteiger partial charge in [-0.15, -0.1) is 0 Å². The molecule has 4 rings (SSSR count). The zero-order valence-corrected chi connectivity index (χ0v) is 20.3. The summed E-state index contributed by atoms with van der Waals surface area (Å²) in [5.74, 6) is 1.30.